The van der Waals surface area contributed by atoms with Gasteiger partial charge < -0.3 is 24.3 Å². The van der Waals surface area contributed by atoms with Gasteiger partial charge in [0.1, 0.15) is 23.7 Å². The Morgan fingerprint density at radius 3 is 2.10 bits per heavy atom. The average Bonchev–Trinajstić information content (AvgIpc) is 3.49. The van der Waals surface area contributed by atoms with Crippen LogP contribution in [-0.4, -0.2) is 58.0 Å². The van der Waals surface area contributed by atoms with Crippen molar-refractivity contribution in [1.29, 1.82) is 0 Å². The zero-order chi connectivity index (χ0) is 27.4. The van der Waals surface area contributed by atoms with Gasteiger partial charge in [-0.3, -0.25) is 10.1 Å². The number of rotatable bonds is 8. The molecule has 3 N–H and O–H groups in total. The largest absolute Gasteiger partial charge is 0.457 e. The lowest BCUT2D eigenvalue weighted by molar-refractivity contribution is -0.114. The SMILES string of the molecule is CC(=O)Nc1ccc(S(=O)(=O)NC2COC3C(OC(=O)Nc4ccc(Oc5ccccc5)cc4)COC23)cc1. The number of benzene rings is 3. The van der Waals surface area contributed by atoms with Crippen molar-refractivity contribution in [3.05, 3.63) is 78.9 Å². The van der Waals surface area contributed by atoms with Crippen LogP contribution in [0.4, 0.5) is 16.2 Å². The Hall–Kier alpha value is -3.97. The van der Waals surface area contributed by atoms with E-state index in [0.717, 1.165) is 0 Å². The van der Waals surface area contributed by atoms with Crippen LogP contribution in [0, 0.1) is 0 Å². The van der Waals surface area contributed by atoms with Crippen molar-refractivity contribution < 1.29 is 37.0 Å². The number of fused-ring (bicyclic) bond motifs is 1. The molecule has 0 radical (unpaired) electrons. The summed E-state index contributed by atoms with van der Waals surface area (Å²) in [6.45, 7) is 1.49. The van der Waals surface area contributed by atoms with Crippen LogP contribution in [0.2, 0.25) is 0 Å². The molecule has 0 bridgehead atoms. The van der Waals surface area contributed by atoms with E-state index in [-0.39, 0.29) is 24.0 Å². The number of carbonyl (C=O) groups is 2. The summed E-state index contributed by atoms with van der Waals surface area (Å²) in [5.41, 5.74) is 0.998. The Morgan fingerprint density at radius 2 is 1.41 bits per heavy atom. The molecule has 5 rings (SSSR count). The van der Waals surface area contributed by atoms with Crippen LogP contribution >= 0.6 is 0 Å². The van der Waals surface area contributed by atoms with E-state index in [4.69, 9.17) is 18.9 Å². The normalized spacial score (nSPS) is 22.1. The minimum atomic E-state index is -3.89. The molecule has 39 heavy (non-hydrogen) atoms. The summed E-state index contributed by atoms with van der Waals surface area (Å²) < 4.78 is 51.1. The fourth-order valence-corrected chi connectivity index (χ4v) is 5.60. The lowest BCUT2D eigenvalue weighted by Gasteiger charge is -2.18. The van der Waals surface area contributed by atoms with Gasteiger partial charge in [0.2, 0.25) is 15.9 Å². The molecule has 204 valence electrons. The number of anilines is 2. The van der Waals surface area contributed by atoms with Crippen molar-refractivity contribution in [2.24, 2.45) is 0 Å². The third kappa shape index (κ3) is 6.55. The smallest absolute Gasteiger partial charge is 0.412 e. The molecule has 11 nitrogen and oxygen atoms in total. The topological polar surface area (TPSA) is 141 Å². The molecule has 2 aliphatic rings. The number of hydrogen-bond donors (Lipinski definition) is 3. The number of carbonyl (C=O) groups excluding carboxylic acids is 2. The molecular weight excluding hydrogens is 526 g/mol. The van der Waals surface area contributed by atoms with Gasteiger partial charge in [0, 0.05) is 18.3 Å². The molecule has 0 aliphatic carbocycles. The van der Waals surface area contributed by atoms with Crippen molar-refractivity contribution in [3.8, 4) is 11.5 Å². The summed E-state index contributed by atoms with van der Waals surface area (Å²) in [6.07, 6.45) is -2.63. The molecule has 0 aromatic heterocycles. The lowest BCUT2D eigenvalue weighted by Crippen LogP contribution is -2.44. The molecule has 2 fully saturated rings. The van der Waals surface area contributed by atoms with Gasteiger partial charge in [-0.25, -0.2) is 17.9 Å². The van der Waals surface area contributed by atoms with Gasteiger partial charge in [0.25, 0.3) is 0 Å². The van der Waals surface area contributed by atoms with Crippen LogP contribution in [0.5, 0.6) is 11.5 Å². The number of nitrogens with one attached hydrogen (secondary N) is 3. The highest BCUT2D eigenvalue weighted by molar-refractivity contribution is 7.89. The van der Waals surface area contributed by atoms with Crippen LogP contribution in [0.25, 0.3) is 0 Å². The van der Waals surface area contributed by atoms with Crippen LogP contribution in [0.15, 0.2) is 83.8 Å². The van der Waals surface area contributed by atoms with Gasteiger partial charge in [0.05, 0.1) is 24.2 Å². The number of amides is 2. The van der Waals surface area contributed by atoms with E-state index in [1.165, 1.54) is 31.2 Å². The molecule has 0 spiro atoms. The second-order valence-electron chi connectivity index (χ2n) is 9.04. The van der Waals surface area contributed by atoms with Gasteiger partial charge >= 0.3 is 6.09 Å². The third-order valence-electron chi connectivity index (χ3n) is 6.14. The molecule has 0 saturated carbocycles. The van der Waals surface area contributed by atoms with Gasteiger partial charge in [-0.05, 0) is 60.7 Å². The Labute approximate surface area is 225 Å². The van der Waals surface area contributed by atoms with Crippen LogP contribution in [0.3, 0.4) is 0 Å². The average molecular weight is 554 g/mol. The molecule has 3 aromatic rings. The van der Waals surface area contributed by atoms with E-state index >= 15 is 0 Å². The molecule has 2 amide bonds. The zero-order valence-electron chi connectivity index (χ0n) is 20.9. The Bertz CT molecular complexity index is 1420. The van der Waals surface area contributed by atoms with E-state index in [1.54, 1.807) is 24.3 Å². The quantitative estimate of drug-likeness (QED) is 0.385. The van der Waals surface area contributed by atoms with Crippen molar-refractivity contribution in [2.75, 3.05) is 23.8 Å². The van der Waals surface area contributed by atoms with E-state index < -0.39 is 40.5 Å². The molecule has 12 heteroatoms. The van der Waals surface area contributed by atoms with Gasteiger partial charge in [-0.15, -0.1) is 0 Å². The number of hydrogen-bond acceptors (Lipinski definition) is 8. The van der Waals surface area contributed by atoms with Gasteiger partial charge in [-0.1, -0.05) is 18.2 Å². The molecular formula is C27H27N3O8S. The summed E-state index contributed by atoms with van der Waals surface area (Å²) in [6, 6.07) is 21.3. The van der Waals surface area contributed by atoms with E-state index in [0.29, 0.717) is 22.9 Å². The van der Waals surface area contributed by atoms with E-state index in [2.05, 4.69) is 15.4 Å². The molecule has 4 unspecified atom stereocenters. The predicted molar refractivity (Wildman–Crippen MR) is 141 cm³/mol. The van der Waals surface area contributed by atoms with Gasteiger partial charge in [-0.2, -0.15) is 0 Å². The highest BCUT2D eigenvalue weighted by atomic mass is 32.2. The second-order valence-corrected chi connectivity index (χ2v) is 10.8. The van der Waals surface area contributed by atoms with Crippen LogP contribution in [-0.2, 0) is 29.0 Å². The highest BCUT2D eigenvalue weighted by Crippen LogP contribution is 2.30. The predicted octanol–water partition coefficient (Wildman–Crippen LogP) is 3.50. The fraction of sp³-hybridized carbons (Fsp3) is 0.259. The van der Waals surface area contributed by atoms with Crippen molar-refractivity contribution in [3.63, 3.8) is 0 Å². The number of ether oxygens (including phenoxy) is 4. The monoisotopic (exact) mass is 553 g/mol. The lowest BCUT2D eigenvalue weighted by atomic mass is 10.1. The first-order valence-corrected chi connectivity index (χ1v) is 13.7. The molecule has 4 atom stereocenters. The van der Waals surface area contributed by atoms with Crippen molar-refractivity contribution >= 4 is 33.4 Å². The first-order valence-electron chi connectivity index (χ1n) is 12.2. The maximum absolute atomic E-state index is 12.9. The van der Waals surface area contributed by atoms with E-state index in [1.807, 2.05) is 30.3 Å². The minimum absolute atomic E-state index is 0.0328. The molecule has 3 aromatic carbocycles. The number of sulfonamides is 1. The van der Waals surface area contributed by atoms with Crippen molar-refractivity contribution in [2.45, 2.75) is 36.2 Å². The first-order chi connectivity index (χ1) is 18.8. The molecule has 2 aliphatic heterocycles. The van der Waals surface area contributed by atoms with E-state index in [9.17, 15) is 18.0 Å². The summed E-state index contributed by atoms with van der Waals surface area (Å²) in [5.74, 6) is 1.06. The minimum Gasteiger partial charge on any atom is -0.457 e. The number of para-hydroxylation sites is 1. The van der Waals surface area contributed by atoms with Gasteiger partial charge in [0.15, 0.2) is 6.10 Å². The Kier molecular flexibility index (Phi) is 7.79. The fourth-order valence-electron chi connectivity index (χ4n) is 4.37. The molecule has 2 saturated heterocycles. The zero-order valence-corrected chi connectivity index (χ0v) is 21.7. The van der Waals surface area contributed by atoms with Crippen LogP contribution in [0.1, 0.15) is 6.92 Å². The van der Waals surface area contributed by atoms with Crippen LogP contribution < -0.4 is 20.1 Å². The third-order valence-corrected chi connectivity index (χ3v) is 7.64. The first kappa shape index (κ1) is 26.6. The summed E-state index contributed by atoms with van der Waals surface area (Å²) in [4.78, 5) is 23.7. The standard InChI is InChI=1S/C27H27N3O8S/c1-17(31)28-18-9-13-22(14-10-18)39(33,34)30-23-15-35-26-24(16-36-25(23)26)38-27(32)29-19-7-11-21(12-8-19)37-20-5-3-2-4-6-20/h2-14,23-26,30H,15-16H2,1H3,(H,28,31)(H,29,32). The second kappa shape index (κ2) is 11.4. The summed E-state index contributed by atoms with van der Waals surface area (Å²) in [7, 11) is -3.89. The van der Waals surface area contributed by atoms with Crippen molar-refractivity contribution in [1.82, 2.24) is 4.72 Å². The maximum atomic E-state index is 12.9. The Morgan fingerprint density at radius 1 is 0.795 bits per heavy atom. The molecule has 2 heterocycles. The Balaban J connectivity index is 1.13. The maximum Gasteiger partial charge on any atom is 0.412 e. The summed E-state index contributed by atoms with van der Waals surface area (Å²) in [5, 5.41) is 5.25. The highest BCUT2D eigenvalue weighted by Gasteiger charge is 2.50. The summed E-state index contributed by atoms with van der Waals surface area (Å²) >= 11 is 0.